The number of hydrogen-bond acceptors (Lipinski definition) is 6. The highest BCUT2D eigenvalue weighted by Gasteiger charge is 2.19. The summed E-state index contributed by atoms with van der Waals surface area (Å²) < 4.78 is 16.7. The summed E-state index contributed by atoms with van der Waals surface area (Å²) in [6.45, 7) is 6.15. The van der Waals surface area contributed by atoms with Crippen molar-refractivity contribution >= 4 is 17.9 Å². The maximum Gasteiger partial charge on any atom is 0.306 e. The van der Waals surface area contributed by atoms with Crippen LogP contribution in [0.1, 0.15) is 162 Å². The summed E-state index contributed by atoms with van der Waals surface area (Å²) in [5.74, 6) is -1.11. The van der Waals surface area contributed by atoms with E-state index in [1.165, 1.54) is 25.7 Å². The van der Waals surface area contributed by atoms with Gasteiger partial charge < -0.3 is 14.2 Å². The van der Waals surface area contributed by atoms with Crippen molar-refractivity contribution in [2.45, 2.75) is 168 Å². The molecule has 0 aromatic rings. The molecule has 0 aliphatic carbocycles. The van der Waals surface area contributed by atoms with Crippen molar-refractivity contribution in [3.05, 3.63) is 194 Å². The van der Waals surface area contributed by atoms with E-state index < -0.39 is 12.1 Å². The topological polar surface area (TPSA) is 78.9 Å². The van der Waals surface area contributed by atoms with E-state index in [1.807, 2.05) is 122 Å². The number of unbranched alkanes of at least 4 members (excludes halogenated alkanes) is 10. The van der Waals surface area contributed by atoms with Crippen LogP contribution in [0.3, 0.4) is 0 Å². The Bertz CT molecular complexity index is 1750. The third kappa shape index (κ3) is 53.1. The van der Waals surface area contributed by atoms with Crippen LogP contribution >= 0.6 is 0 Å². The molecule has 0 radical (unpaired) electrons. The van der Waals surface area contributed by atoms with E-state index in [2.05, 4.69) is 93.7 Å². The van der Waals surface area contributed by atoms with Gasteiger partial charge in [-0.1, -0.05) is 241 Å². The van der Waals surface area contributed by atoms with Gasteiger partial charge in [0.25, 0.3) is 0 Å². The van der Waals surface area contributed by atoms with Crippen LogP contribution in [0.4, 0.5) is 0 Å². The Morgan fingerprint density at radius 2 is 0.638 bits per heavy atom. The molecule has 0 spiro atoms. The molecule has 69 heavy (non-hydrogen) atoms. The number of carbonyl (C=O) groups excluding carboxylic acids is 3. The van der Waals surface area contributed by atoms with Gasteiger partial charge in [0.1, 0.15) is 13.2 Å². The van der Waals surface area contributed by atoms with Crippen molar-refractivity contribution in [1.82, 2.24) is 0 Å². The molecule has 1 atom stereocenters. The molecule has 1 unspecified atom stereocenters. The molecule has 0 saturated heterocycles. The molecule has 0 aromatic heterocycles. The Kier molecular flexibility index (Phi) is 50.3. The van der Waals surface area contributed by atoms with Crippen molar-refractivity contribution in [3.8, 4) is 0 Å². The normalized spacial score (nSPS) is 13.7. The van der Waals surface area contributed by atoms with Crippen molar-refractivity contribution < 1.29 is 28.6 Å². The highest BCUT2D eigenvalue weighted by Crippen LogP contribution is 2.10. The smallest absolute Gasteiger partial charge is 0.306 e. The largest absolute Gasteiger partial charge is 0.462 e. The van der Waals surface area contributed by atoms with Gasteiger partial charge in [0, 0.05) is 19.3 Å². The molecule has 0 fully saturated rings. The summed E-state index contributed by atoms with van der Waals surface area (Å²) in [6, 6.07) is 0. The van der Waals surface area contributed by atoms with Crippen molar-refractivity contribution in [3.63, 3.8) is 0 Å². The molecule has 6 nitrogen and oxygen atoms in total. The summed E-state index contributed by atoms with van der Waals surface area (Å²) in [5.41, 5.74) is 0. The predicted molar refractivity (Wildman–Crippen MR) is 297 cm³/mol. The average molecular weight is 943 g/mol. The van der Waals surface area contributed by atoms with E-state index in [0.29, 0.717) is 19.3 Å². The lowest BCUT2D eigenvalue weighted by molar-refractivity contribution is -0.167. The van der Waals surface area contributed by atoms with Crippen LogP contribution in [0.5, 0.6) is 0 Å². The van der Waals surface area contributed by atoms with Crippen LogP contribution in [-0.4, -0.2) is 37.2 Å². The zero-order chi connectivity index (χ0) is 50.0. The first-order valence-electron chi connectivity index (χ1n) is 26.1. The average Bonchev–Trinajstić information content (AvgIpc) is 3.35. The summed E-state index contributed by atoms with van der Waals surface area (Å²) in [7, 11) is 0. The predicted octanol–water partition coefficient (Wildman–Crippen LogP) is 17.5. The second kappa shape index (κ2) is 54.9. The van der Waals surface area contributed by atoms with Gasteiger partial charge in [-0.2, -0.15) is 0 Å². The van der Waals surface area contributed by atoms with E-state index in [9.17, 15) is 14.4 Å². The molecule has 0 amide bonds. The lowest BCUT2D eigenvalue weighted by atomic mass is 10.1. The lowest BCUT2D eigenvalue weighted by Gasteiger charge is -2.18. The Morgan fingerprint density at radius 3 is 1.03 bits per heavy atom. The molecule has 0 aliphatic rings. The molecule has 0 heterocycles. The molecule has 0 aromatic carbocycles. The molecular formula is C63H90O6. The third-order valence-corrected chi connectivity index (χ3v) is 9.89. The number of rotatable bonds is 43. The molecule has 0 aliphatic heterocycles. The molecule has 0 bridgehead atoms. The summed E-state index contributed by atoms with van der Waals surface area (Å²) in [4.78, 5) is 38.0. The Balaban J connectivity index is 4.71. The minimum absolute atomic E-state index is 0.149. The monoisotopic (exact) mass is 943 g/mol. The minimum Gasteiger partial charge on any atom is -0.462 e. The van der Waals surface area contributed by atoms with Crippen molar-refractivity contribution in [2.24, 2.45) is 0 Å². The number of carbonyl (C=O) groups is 3. The molecule has 0 rings (SSSR count). The first-order valence-corrected chi connectivity index (χ1v) is 26.1. The van der Waals surface area contributed by atoms with E-state index in [-0.39, 0.29) is 44.4 Å². The van der Waals surface area contributed by atoms with Gasteiger partial charge in [-0.15, -0.1) is 0 Å². The van der Waals surface area contributed by atoms with Gasteiger partial charge in [0.15, 0.2) is 6.10 Å². The fraction of sp³-hybridized carbons (Fsp3) is 0.444. The van der Waals surface area contributed by atoms with E-state index in [4.69, 9.17) is 14.2 Å². The summed E-state index contributed by atoms with van der Waals surface area (Å²) in [6.07, 6.45) is 84.1. The Hall–Kier alpha value is -5.75. The van der Waals surface area contributed by atoms with Gasteiger partial charge in [-0.3, -0.25) is 14.4 Å². The number of allylic oxidation sites excluding steroid dienone is 32. The van der Waals surface area contributed by atoms with Crippen molar-refractivity contribution in [1.29, 1.82) is 0 Å². The van der Waals surface area contributed by atoms with E-state index in [1.54, 1.807) is 0 Å². The van der Waals surface area contributed by atoms with Gasteiger partial charge in [0.2, 0.25) is 0 Å². The van der Waals surface area contributed by atoms with Gasteiger partial charge >= 0.3 is 17.9 Å². The second-order valence-electron chi connectivity index (χ2n) is 16.3. The number of esters is 3. The van der Waals surface area contributed by atoms with Gasteiger partial charge in [-0.05, 0) is 96.3 Å². The number of hydrogen-bond donors (Lipinski definition) is 0. The summed E-state index contributed by atoms with van der Waals surface area (Å²) >= 11 is 0. The molecule has 0 N–H and O–H groups in total. The molecular weight excluding hydrogens is 853 g/mol. The SMILES string of the molecule is CC\C=C/C=C\C=C/C=C\C=C/CCCCCC(=O)OCC(COC(=O)CCCCC\C=C/C=C\C=C\C=C/C=C\C=C/C=C\CC)OC(=O)CCC/C=C\C/C=C\C/C=C\C/C=C\CCCCC. The zero-order valence-electron chi connectivity index (χ0n) is 43.0. The second-order valence-corrected chi connectivity index (χ2v) is 16.3. The maximum absolute atomic E-state index is 12.8. The van der Waals surface area contributed by atoms with E-state index >= 15 is 0 Å². The standard InChI is InChI=1S/C63H90O6/c1-4-7-10-13-16-19-22-25-28-30-31-33-35-38-41-44-47-50-53-56-62(65)68-59-60(58-67-61(64)55-52-49-46-43-40-37-34-27-24-21-18-15-12-9-6-3)69-63(66)57-54-51-48-45-42-39-36-32-29-26-23-20-17-14-11-8-5-2/h7,9-10,12-13,15-22,24-31,33-41,45,48,60H,4-6,8,11,14,23,32,42-44,46-47,49-59H2,1-3H3/b10-7-,12-9-,16-13-,18-15-,20-17-,22-19-,24-21-,28-25-,29-26-,31-30+,34-27-,35-33-,39-36-,40-37-,41-38-,48-45-. The van der Waals surface area contributed by atoms with Crippen LogP contribution in [-0.2, 0) is 28.6 Å². The maximum atomic E-state index is 12.8. The molecule has 0 saturated carbocycles. The Morgan fingerprint density at radius 1 is 0.319 bits per heavy atom. The van der Waals surface area contributed by atoms with Gasteiger partial charge in [-0.25, -0.2) is 0 Å². The van der Waals surface area contributed by atoms with E-state index in [0.717, 1.165) is 77.0 Å². The fourth-order valence-corrected chi connectivity index (χ4v) is 6.02. The lowest BCUT2D eigenvalue weighted by Crippen LogP contribution is -2.30. The zero-order valence-corrected chi connectivity index (χ0v) is 43.0. The summed E-state index contributed by atoms with van der Waals surface area (Å²) in [5, 5.41) is 0. The quantitative estimate of drug-likeness (QED) is 0.0199. The first-order chi connectivity index (χ1) is 34.0. The van der Waals surface area contributed by atoms with Crippen LogP contribution < -0.4 is 0 Å². The minimum atomic E-state index is -0.856. The molecule has 6 heteroatoms. The van der Waals surface area contributed by atoms with Crippen LogP contribution in [0.15, 0.2) is 194 Å². The highest BCUT2D eigenvalue weighted by molar-refractivity contribution is 5.71. The Labute approximate surface area is 420 Å². The van der Waals surface area contributed by atoms with Gasteiger partial charge in [0.05, 0.1) is 0 Å². The van der Waals surface area contributed by atoms with Crippen molar-refractivity contribution in [2.75, 3.05) is 13.2 Å². The number of ether oxygens (including phenoxy) is 3. The van der Waals surface area contributed by atoms with Crippen LogP contribution in [0.25, 0.3) is 0 Å². The van der Waals surface area contributed by atoms with Crippen LogP contribution in [0.2, 0.25) is 0 Å². The molecule has 378 valence electrons. The van der Waals surface area contributed by atoms with Crippen LogP contribution in [0, 0.1) is 0 Å². The first kappa shape index (κ1) is 63.2. The fourth-order valence-electron chi connectivity index (χ4n) is 6.02. The highest BCUT2D eigenvalue weighted by atomic mass is 16.6. The third-order valence-electron chi connectivity index (χ3n) is 9.89.